The summed E-state index contributed by atoms with van der Waals surface area (Å²) in [5, 5.41) is 0. The van der Waals surface area contributed by atoms with Gasteiger partial charge >= 0.3 is 6.09 Å². The molecule has 6 nitrogen and oxygen atoms in total. The van der Waals surface area contributed by atoms with Crippen LogP contribution in [0.3, 0.4) is 0 Å². The number of carbonyl (C=O) groups excluding carboxylic acids is 1. The molecule has 30 heavy (non-hydrogen) atoms. The molecule has 3 aliphatic heterocycles. The summed E-state index contributed by atoms with van der Waals surface area (Å²) in [6, 6.07) is 6.17. The molecule has 1 atom stereocenters. The standard InChI is InChI=1S/C22H31NO5S2/c1-20(2,3)28-19(24)23-16(13-27-21(23,4)5)12-22(29-9-6-10-30-22)15-7-8-17-18(11-15)26-14-25-17/h7-8,11,16H,6,9-10,12-14H2,1-5H3/t16-/m0/s1. The summed E-state index contributed by atoms with van der Waals surface area (Å²) in [6.07, 6.45) is 1.65. The minimum atomic E-state index is -0.701. The van der Waals surface area contributed by atoms with E-state index in [2.05, 4.69) is 12.1 Å². The Bertz CT molecular complexity index is 801. The van der Waals surface area contributed by atoms with Crippen LogP contribution in [0.25, 0.3) is 0 Å². The molecule has 8 heteroatoms. The zero-order valence-corrected chi connectivity index (χ0v) is 20.0. The Morgan fingerprint density at radius 2 is 1.90 bits per heavy atom. The molecule has 1 aromatic carbocycles. The van der Waals surface area contributed by atoms with Gasteiger partial charge in [0, 0.05) is 0 Å². The van der Waals surface area contributed by atoms with Crippen molar-refractivity contribution >= 4 is 29.6 Å². The van der Waals surface area contributed by atoms with Crippen molar-refractivity contribution < 1.29 is 23.7 Å². The Hall–Kier alpha value is -1.25. The molecule has 1 aromatic rings. The molecule has 0 N–H and O–H groups in total. The van der Waals surface area contributed by atoms with Crippen LogP contribution in [0, 0.1) is 0 Å². The lowest BCUT2D eigenvalue weighted by Crippen LogP contribution is -2.51. The number of hydrogen-bond donors (Lipinski definition) is 0. The number of nitrogens with zero attached hydrogens (tertiary/aromatic N) is 1. The molecular weight excluding hydrogens is 422 g/mol. The first kappa shape index (κ1) is 22.0. The number of ether oxygens (including phenoxy) is 4. The molecule has 0 spiro atoms. The number of hydrogen-bond acceptors (Lipinski definition) is 7. The molecule has 166 valence electrons. The minimum absolute atomic E-state index is 0.0710. The van der Waals surface area contributed by atoms with E-state index in [-0.39, 0.29) is 23.0 Å². The summed E-state index contributed by atoms with van der Waals surface area (Å²) < 4.78 is 22.8. The highest BCUT2D eigenvalue weighted by atomic mass is 32.2. The summed E-state index contributed by atoms with van der Waals surface area (Å²) >= 11 is 3.91. The number of benzene rings is 1. The number of rotatable bonds is 3. The molecule has 0 aliphatic carbocycles. The maximum atomic E-state index is 13.1. The number of fused-ring (bicyclic) bond motifs is 1. The molecule has 4 rings (SSSR count). The third-order valence-electron chi connectivity index (χ3n) is 5.44. The summed E-state index contributed by atoms with van der Waals surface area (Å²) in [7, 11) is 0. The second-order valence-electron chi connectivity index (χ2n) is 9.34. The van der Waals surface area contributed by atoms with Crippen LogP contribution in [0.15, 0.2) is 18.2 Å². The molecule has 0 unspecified atom stereocenters. The van der Waals surface area contributed by atoms with Crippen LogP contribution in [0.1, 0.15) is 53.0 Å². The van der Waals surface area contributed by atoms with Gasteiger partial charge in [-0.05, 0) is 76.7 Å². The smallest absolute Gasteiger partial charge is 0.412 e. The van der Waals surface area contributed by atoms with Crippen LogP contribution >= 0.6 is 23.5 Å². The van der Waals surface area contributed by atoms with E-state index in [4.69, 9.17) is 18.9 Å². The first-order valence-corrected chi connectivity index (χ1v) is 12.4. The molecule has 1 amide bonds. The summed E-state index contributed by atoms with van der Waals surface area (Å²) in [6.45, 7) is 10.3. The second-order valence-corrected chi connectivity index (χ2v) is 12.4. The molecule has 0 saturated carbocycles. The van der Waals surface area contributed by atoms with E-state index in [0.717, 1.165) is 29.4 Å². The SMILES string of the molecule is CC(C)(C)OC(=O)N1[C@@H](CC2(c3ccc4c(c3)OCO4)SCCCS2)COC1(C)C. The summed E-state index contributed by atoms with van der Waals surface area (Å²) in [5.41, 5.74) is -0.0493. The van der Waals surface area contributed by atoms with Gasteiger partial charge in [-0.15, -0.1) is 23.5 Å². The van der Waals surface area contributed by atoms with E-state index in [1.807, 2.05) is 64.2 Å². The summed E-state index contributed by atoms with van der Waals surface area (Å²) in [5.74, 6) is 3.77. The van der Waals surface area contributed by atoms with E-state index < -0.39 is 11.3 Å². The van der Waals surface area contributed by atoms with Crippen molar-refractivity contribution in [1.82, 2.24) is 4.90 Å². The maximum absolute atomic E-state index is 13.1. The normalized spacial score (nSPS) is 24.7. The topological polar surface area (TPSA) is 57.2 Å². The van der Waals surface area contributed by atoms with Crippen molar-refractivity contribution in [3.63, 3.8) is 0 Å². The Kier molecular flexibility index (Phi) is 5.87. The largest absolute Gasteiger partial charge is 0.454 e. The molecule has 3 aliphatic rings. The van der Waals surface area contributed by atoms with Gasteiger partial charge in [-0.1, -0.05) is 6.07 Å². The number of thioether (sulfide) groups is 2. The highest BCUT2D eigenvalue weighted by Crippen LogP contribution is 2.56. The Balaban J connectivity index is 1.63. The van der Waals surface area contributed by atoms with Gasteiger partial charge in [-0.3, -0.25) is 4.90 Å². The number of carbonyl (C=O) groups is 1. The van der Waals surface area contributed by atoms with Gasteiger partial charge in [-0.2, -0.15) is 0 Å². The van der Waals surface area contributed by atoms with Gasteiger partial charge in [0.15, 0.2) is 11.5 Å². The van der Waals surface area contributed by atoms with Crippen LogP contribution in [-0.4, -0.2) is 53.3 Å². The second kappa shape index (κ2) is 8.02. The predicted molar refractivity (Wildman–Crippen MR) is 120 cm³/mol. The maximum Gasteiger partial charge on any atom is 0.412 e. The van der Waals surface area contributed by atoms with Gasteiger partial charge in [0.25, 0.3) is 0 Å². The third kappa shape index (κ3) is 4.36. The molecule has 3 heterocycles. The molecule has 0 radical (unpaired) electrons. The van der Waals surface area contributed by atoms with Crippen LogP contribution in [-0.2, 0) is 13.6 Å². The van der Waals surface area contributed by atoms with Crippen molar-refractivity contribution in [2.75, 3.05) is 24.9 Å². The van der Waals surface area contributed by atoms with E-state index in [1.165, 1.54) is 12.0 Å². The highest BCUT2D eigenvalue weighted by Gasteiger charge is 2.50. The first-order chi connectivity index (χ1) is 14.1. The van der Waals surface area contributed by atoms with Gasteiger partial charge in [0.2, 0.25) is 6.79 Å². The Morgan fingerprint density at radius 1 is 1.20 bits per heavy atom. The quantitative estimate of drug-likeness (QED) is 0.623. The van der Waals surface area contributed by atoms with Crippen molar-refractivity contribution in [2.24, 2.45) is 0 Å². The van der Waals surface area contributed by atoms with Gasteiger partial charge in [-0.25, -0.2) is 4.79 Å². The fraction of sp³-hybridized carbons (Fsp3) is 0.682. The van der Waals surface area contributed by atoms with Crippen LogP contribution < -0.4 is 9.47 Å². The highest BCUT2D eigenvalue weighted by molar-refractivity contribution is 8.18. The summed E-state index contributed by atoms with van der Waals surface area (Å²) in [4.78, 5) is 14.9. The average Bonchev–Trinajstić information content (AvgIpc) is 3.24. The van der Waals surface area contributed by atoms with E-state index in [1.54, 1.807) is 4.90 Å². The van der Waals surface area contributed by atoms with E-state index in [0.29, 0.717) is 6.61 Å². The fourth-order valence-corrected chi connectivity index (χ4v) is 7.60. The Morgan fingerprint density at radius 3 is 2.60 bits per heavy atom. The molecule has 2 fully saturated rings. The predicted octanol–water partition coefficient (Wildman–Crippen LogP) is 5.20. The van der Waals surface area contributed by atoms with Crippen LogP contribution in [0.5, 0.6) is 11.5 Å². The van der Waals surface area contributed by atoms with Crippen molar-refractivity contribution in [3.8, 4) is 11.5 Å². The van der Waals surface area contributed by atoms with E-state index in [9.17, 15) is 4.79 Å². The van der Waals surface area contributed by atoms with Crippen molar-refractivity contribution in [1.29, 1.82) is 0 Å². The van der Waals surface area contributed by atoms with Gasteiger partial charge < -0.3 is 18.9 Å². The fourth-order valence-electron chi connectivity index (χ4n) is 4.13. The molecule has 0 aromatic heterocycles. The minimum Gasteiger partial charge on any atom is -0.454 e. The Labute approximate surface area is 187 Å². The monoisotopic (exact) mass is 453 g/mol. The lowest BCUT2D eigenvalue weighted by molar-refractivity contribution is -0.0627. The lowest BCUT2D eigenvalue weighted by Gasteiger charge is -2.41. The first-order valence-electron chi connectivity index (χ1n) is 10.4. The molecule has 0 bridgehead atoms. The lowest BCUT2D eigenvalue weighted by atomic mass is 10.0. The van der Waals surface area contributed by atoms with Crippen LogP contribution in [0.2, 0.25) is 0 Å². The zero-order chi connectivity index (χ0) is 21.6. The third-order valence-corrected chi connectivity index (χ3v) is 8.87. The number of amides is 1. The van der Waals surface area contributed by atoms with Crippen LogP contribution in [0.4, 0.5) is 4.79 Å². The van der Waals surface area contributed by atoms with E-state index >= 15 is 0 Å². The van der Waals surface area contributed by atoms with Gasteiger partial charge in [0.05, 0.1) is 16.7 Å². The molecule has 2 saturated heterocycles. The van der Waals surface area contributed by atoms with Gasteiger partial charge in [0.1, 0.15) is 11.3 Å². The van der Waals surface area contributed by atoms with Crippen molar-refractivity contribution in [3.05, 3.63) is 23.8 Å². The molecular formula is C22H31NO5S2. The van der Waals surface area contributed by atoms with Crippen molar-refractivity contribution in [2.45, 2.75) is 68.9 Å². The zero-order valence-electron chi connectivity index (χ0n) is 18.4. The average molecular weight is 454 g/mol.